The predicted octanol–water partition coefficient (Wildman–Crippen LogP) is 1.44. The molecule has 0 aliphatic heterocycles. The molecule has 0 fully saturated rings. The lowest BCUT2D eigenvalue weighted by Crippen LogP contribution is -2.41. The zero-order valence-electron chi connectivity index (χ0n) is 11.1. The highest BCUT2D eigenvalue weighted by Gasteiger charge is 2.15. The van der Waals surface area contributed by atoms with Crippen LogP contribution in [0.3, 0.4) is 0 Å². The van der Waals surface area contributed by atoms with Gasteiger partial charge in [0.25, 0.3) is 0 Å². The summed E-state index contributed by atoms with van der Waals surface area (Å²) in [5, 5.41) is 7.76. The molecule has 0 unspecified atom stereocenters. The molecule has 18 heavy (non-hydrogen) atoms. The topological polar surface area (TPSA) is 79.5 Å². The Labute approximate surface area is 113 Å². The van der Waals surface area contributed by atoms with Gasteiger partial charge in [-0.3, -0.25) is 0 Å². The number of alkyl carbamates (subject to hydrolysis) is 1. The van der Waals surface area contributed by atoms with Gasteiger partial charge in [0.15, 0.2) is 0 Å². The van der Waals surface area contributed by atoms with Crippen LogP contribution in [0.25, 0.3) is 0 Å². The molecule has 0 saturated heterocycles. The van der Waals surface area contributed by atoms with Gasteiger partial charge >= 0.3 is 12.1 Å². The maximum Gasteiger partial charge on any atom is 0.407 e. The third-order valence-corrected chi connectivity index (χ3v) is 1.94. The molecule has 0 spiro atoms. The number of ether oxygens (including phenoxy) is 1. The van der Waals surface area contributed by atoms with Crippen molar-refractivity contribution in [3.8, 4) is 0 Å². The van der Waals surface area contributed by atoms with Crippen LogP contribution < -0.4 is 16.0 Å². The number of nitrogens with one attached hydrogen (secondary N) is 3. The minimum Gasteiger partial charge on any atom is -0.444 e. The maximum absolute atomic E-state index is 11.2. The van der Waals surface area contributed by atoms with Crippen molar-refractivity contribution in [2.24, 2.45) is 0 Å². The molecule has 7 heteroatoms. The van der Waals surface area contributed by atoms with E-state index in [-0.39, 0.29) is 6.03 Å². The summed E-state index contributed by atoms with van der Waals surface area (Å²) in [5.74, 6) is 0.514. The molecule has 3 N–H and O–H groups in total. The number of urea groups is 1. The van der Waals surface area contributed by atoms with Crippen molar-refractivity contribution in [2.75, 3.05) is 25.5 Å². The molecular weight excluding hydrogens is 258 g/mol. The number of hydrogen-bond donors (Lipinski definition) is 3. The van der Waals surface area contributed by atoms with Gasteiger partial charge < -0.3 is 20.7 Å². The van der Waals surface area contributed by atoms with Crippen LogP contribution in [0.2, 0.25) is 0 Å². The van der Waals surface area contributed by atoms with Gasteiger partial charge in [-0.1, -0.05) is 0 Å². The average molecular weight is 280 g/mol. The van der Waals surface area contributed by atoms with E-state index in [0.29, 0.717) is 25.5 Å². The largest absolute Gasteiger partial charge is 0.444 e. The fraction of sp³-hybridized carbons (Fsp3) is 0.818. The first-order valence-corrected chi connectivity index (χ1v) is 6.43. The quantitative estimate of drug-likeness (QED) is 0.508. The summed E-state index contributed by atoms with van der Waals surface area (Å²) >= 11 is 5.47. The normalized spacial score (nSPS) is 10.7. The van der Waals surface area contributed by atoms with Gasteiger partial charge in [-0.15, -0.1) is 11.6 Å². The summed E-state index contributed by atoms with van der Waals surface area (Å²) in [6.07, 6.45) is 0.234. The second-order valence-corrected chi connectivity index (χ2v) is 5.03. The zero-order valence-corrected chi connectivity index (χ0v) is 11.9. The number of hydrogen-bond acceptors (Lipinski definition) is 3. The number of halogens is 1. The Morgan fingerprint density at radius 1 is 1.06 bits per heavy atom. The van der Waals surface area contributed by atoms with Gasteiger partial charge in [-0.25, -0.2) is 9.59 Å². The Bertz CT molecular complexity index is 267. The molecule has 0 radical (unpaired) electrons. The van der Waals surface area contributed by atoms with Gasteiger partial charge in [-0.05, 0) is 27.2 Å². The number of amides is 3. The van der Waals surface area contributed by atoms with E-state index in [0.717, 1.165) is 6.42 Å². The van der Waals surface area contributed by atoms with Crippen molar-refractivity contribution in [1.29, 1.82) is 0 Å². The second-order valence-electron chi connectivity index (χ2n) is 4.65. The first-order chi connectivity index (χ1) is 8.35. The monoisotopic (exact) mass is 279 g/mol. The van der Waals surface area contributed by atoms with E-state index in [4.69, 9.17) is 16.3 Å². The lowest BCUT2D eigenvalue weighted by Gasteiger charge is -2.19. The number of carbonyl (C=O) groups excluding carboxylic acids is 2. The second kappa shape index (κ2) is 8.85. The minimum absolute atomic E-state index is 0.272. The fourth-order valence-electron chi connectivity index (χ4n) is 0.986. The third kappa shape index (κ3) is 11.3. The Morgan fingerprint density at radius 2 is 1.61 bits per heavy atom. The molecule has 0 rings (SSSR count). The molecular formula is C11H22ClN3O3. The molecule has 0 saturated carbocycles. The van der Waals surface area contributed by atoms with Crippen LogP contribution in [-0.4, -0.2) is 43.2 Å². The van der Waals surface area contributed by atoms with E-state index >= 15 is 0 Å². The Balaban J connectivity index is 3.50. The van der Waals surface area contributed by atoms with Gasteiger partial charge in [0.05, 0.1) is 0 Å². The van der Waals surface area contributed by atoms with E-state index in [1.54, 1.807) is 20.8 Å². The molecule has 3 amide bonds. The summed E-state index contributed by atoms with van der Waals surface area (Å²) < 4.78 is 5.03. The van der Waals surface area contributed by atoms with Crippen LogP contribution in [0.15, 0.2) is 0 Å². The summed E-state index contributed by atoms with van der Waals surface area (Å²) in [4.78, 5) is 22.4. The summed E-state index contributed by atoms with van der Waals surface area (Å²) in [7, 11) is 0. The third-order valence-electron chi connectivity index (χ3n) is 1.67. The SMILES string of the molecule is CC(C)(C)OC(=O)NCCNC(=O)NCCCCl. The van der Waals surface area contributed by atoms with Crippen LogP contribution in [-0.2, 0) is 4.74 Å². The summed E-state index contributed by atoms with van der Waals surface area (Å²) in [5.41, 5.74) is -0.517. The number of carbonyl (C=O) groups is 2. The van der Waals surface area contributed by atoms with Crippen LogP contribution >= 0.6 is 11.6 Å². The lowest BCUT2D eigenvalue weighted by molar-refractivity contribution is 0.0528. The van der Waals surface area contributed by atoms with Crippen LogP contribution in [0, 0.1) is 0 Å². The number of rotatable bonds is 6. The smallest absolute Gasteiger partial charge is 0.407 e. The number of alkyl halides is 1. The molecule has 0 aliphatic rings. The Hall–Kier alpha value is -1.17. The standard InChI is InChI=1S/C11H22ClN3O3/c1-11(2,3)18-10(17)15-8-7-14-9(16)13-6-4-5-12/h4-8H2,1-3H3,(H,15,17)(H2,13,14,16). The zero-order chi connectivity index (χ0) is 14.0. The van der Waals surface area contributed by atoms with Crippen LogP contribution in [0.5, 0.6) is 0 Å². The van der Waals surface area contributed by atoms with E-state index in [1.807, 2.05) is 0 Å². The van der Waals surface area contributed by atoms with Gasteiger partial charge in [0, 0.05) is 25.5 Å². The molecule has 0 aliphatic carbocycles. The highest BCUT2D eigenvalue weighted by Crippen LogP contribution is 2.05. The highest BCUT2D eigenvalue weighted by atomic mass is 35.5. The van der Waals surface area contributed by atoms with Crippen LogP contribution in [0.1, 0.15) is 27.2 Å². The molecule has 106 valence electrons. The predicted molar refractivity (Wildman–Crippen MR) is 71.0 cm³/mol. The van der Waals surface area contributed by atoms with Gasteiger partial charge in [0.1, 0.15) is 5.60 Å². The first-order valence-electron chi connectivity index (χ1n) is 5.89. The summed E-state index contributed by atoms with van der Waals surface area (Å²) in [6, 6.07) is -0.272. The molecule has 0 aromatic rings. The van der Waals surface area contributed by atoms with E-state index in [1.165, 1.54) is 0 Å². The van der Waals surface area contributed by atoms with Crippen molar-refractivity contribution in [2.45, 2.75) is 32.8 Å². The molecule has 0 aromatic carbocycles. The molecule has 0 aromatic heterocycles. The van der Waals surface area contributed by atoms with Crippen LogP contribution in [0.4, 0.5) is 9.59 Å². The minimum atomic E-state index is -0.517. The lowest BCUT2D eigenvalue weighted by atomic mass is 10.2. The molecule has 0 heterocycles. The fourth-order valence-corrected chi connectivity index (χ4v) is 1.12. The highest BCUT2D eigenvalue weighted by molar-refractivity contribution is 6.17. The van der Waals surface area contributed by atoms with E-state index < -0.39 is 11.7 Å². The average Bonchev–Trinajstić information content (AvgIpc) is 2.22. The van der Waals surface area contributed by atoms with Gasteiger partial charge in [-0.2, -0.15) is 0 Å². The van der Waals surface area contributed by atoms with E-state index in [9.17, 15) is 9.59 Å². The van der Waals surface area contributed by atoms with Crippen molar-refractivity contribution in [3.05, 3.63) is 0 Å². The molecule has 0 bridgehead atoms. The maximum atomic E-state index is 11.2. The summed E-state index contributed by atoms with van der Waals surface area (Å²) in [6.45, 7) is 6.55. The Morgan fingerprint density at radius 3 is 2.17 bits per heavy atom. The van der Waals surface area contributed by atoms with Crippen molar-refractivity contribution in [3.63, 3.8) is 0 Å². The molecule has 6 nitrogen and oxygen atoms in total. The molecule has 0 atom stereocenters. The van der Waals surface area contributed by atoms with E-state index in [2.05, 4.69) is 16.0 Å². The van der Waals surface area contributed by atoms with Crippen molar-refractivity contribution >= 4 is 23.7 Å². The first kappa shape index (κ1) is 16.8. The Kier molecular flexibility index (Phi) is 8.28. The van der Waals surface area contributed by atoms with Crippen molar-refractivity contribution < 1.29 is 14.3 Å². The van der Waals surface area contributed by atoms with Gasteiger partial charge in [0.2, 0.25) is 0 Å². The van der Waals surface area contributed by atoms with Crippen molar-refractivity contribution in [1.82, 2.24) is 16.0 Å².